The number of hydrogen-bond acceptors (Lipinski definition) is 6. The quantitative estimate of drug-likeness (QED) is 0.281. The van der Waals surface area contributed by atoms with Crippen molar-refractivity contribution in [3.8, 4) is 0 Å². The Morgan fingerprint density at radius 3 is 2.34 bits per heavy atom. The number of rotatable bonds is 4. The zero-order valence-electron chi connectivity index (χ0n) is 19.5. The van der Waals surface area contributed by atoms with Gasteiger partial charge in [-0.2, -0.15) is 0 Å². The lowest BCUT2D eigenvalue weighted by atomic mass is 9.88. The molecule has 38 heavy (non-hydrogen) atoms. The van der Waals surface area contributed by atoms with E-state index in [4.69, 9.17) is 23.2 Å². The molecule has 0 saturated carbocycles. The predicted molar refractivity (Wildman–Crippen MR) is 143 cm³/mol. The average Bonchev–Trinajstić information content (AvgIpc) is 3.37. The average molecular weight is 549 g/mol. The summed E-state index contributed by atoms with van der Waals surface area (Å²) < 4.78 is 0. The second-order valence-electron chi connectivity index (χ2n) is 9.21. The molecule has 2 saturated heterocycles. The standard InChI is InChI=1S/C27H18Cl2N4O5/c28-15-6-12-20(18(29)13-15)32-26(35)22-21-11-5-14-3-1-2-4-19(14)31(21)24(23(22)27(32)36)25(34)30-16-7-9-17(10-8-16)33(37)38/h1-13,21-24H,(H,30,34)/t21-,22-,23+,24+/m1/s1. The summed E-state index contributed by atoms with van der Waals surface area (Å²) in [7, 11) is 0. The summed E-state index contributed by atoms with van der Waals surface area (Å²) in [5.41, 5.74) is 2.01. The fourth-order valence-electron chi connectivity index (χ4n) is 5.60. The molecule has 3 aliphatic heterocycles. The third-order valence-electron chi connectivity index (χ3n) is 7.18. The number of carbonyl (C=O) groups is 3. The Hall–Kier alpha value is -4.21. The predicted octanol–water partition coefficient (Wildman–Crippen LogP) is 4.93. The lowest BCUT2D eigenvalue weighted by Crippen LogP contribution is -2.50. The number of halogens is 2. The molecule has 11 heteroatoms. The zero-order valence-corrected chi connectivity index (χ0v) is 21.0. The second kappa shape index (κ2) is 8.97. The molecule has 0 aliphatic carbocycles. The van der Waals surface area contributed by atoms with Crippen molar-refractivity contribution >= 4 is 69.7 Å². The molecule has 0 aromatic heterocycles. The van der Waals surface area contributed by atoms with Gasteiger partial charge in [-0.1, -0.05) is 53.6 Å². The van der Waals surface area contributed by atoms with E-state index in [-0.39, 0.29) is 16.4 Å². The molecule has 190 valence electrons. The van der Waals surface area contributed by atoms with Crippen molar-refractivity contribution in [3.63, 3.8) is 0 Å². The van der Waals surface area contributed by atoms with E-state index in [1.807, 2.05) is 41.3 Å². The van der Waals surface area contributed by atoms with Crippen LogP contribution >= 0.6 is 23.2 Å². The monoisotopic (exact) mass is 548 g/mol. The number of imide groups is 1. The Morgan fingerprint density at radius 1 is 0.921 bits per heavy atom. The van der Waals surface area contributed by atoms with Crippen molar-refractivity contribution in [3.05, 3.63) is 98.5 Å². The van der Waals surface area contributed by atoms with Crippen LogP contribution in [0.1, 0.15) is 5.56 Å². The number of nitro groups is 1. The topological polar surface area (TPSA) is 113 Å². The maximum absolute atomic E-state index is 13.9. The van der Waals surface area contributed by atoms with Gasteiger partial charge >= 0.3 is 0 Å². The number of nitrogens with one attached hydrogen (secondary N) is 1. The molecule has 0 radical (unpaired) electrons. The Morgan fingerprint density at radius 2 is 1.63 bits per heavy atom. The van der Waals surface area contributed by atoms with Gasteiger partial charge in [-0.15, -0.1) is 0 Å². The van der Waals surface area contributed by atoms with E-state index >= 15 is 0 Å². The molecule has 6 rings (SSSR count). The van der Waals surface area contributed by atoms with Crippen LogP contribution in [0.3, 0.4) is 0 Å². The van der Waals surface area contributed by atoms with E-state index < -0.39 is 46.6 Å². The molecule has 3 aromatic carbocycles. The minimum Gasteiger partial charge on any atom is -0.351 e. The van der Waals surface area contributed by atoms with Gasteiger partial charge in [0.25, 0.3) is 5.69 Å². The van der Waals surface area contributed by atoms with Crippen molar-refractivity contribution in [2.75, 3.05) is 15.1 Å². The molecule has 0 unspecified atom stereocenters. The maximum Gasteiger partial charge on any atom is 0.269 e. The van der Waals surface area contributed by atoms with E-state index in [9.17, 15) is 24.5 Å². The summed E-state index contributed by atoms with van der Waals surface area (Å²) in [4.78, 5) is 54.8. The Kier molecular flexibility index (Phi) is 5.70. The SMILES string of the molecule is O=C(Nc1ccc([N+](=O)[O-])cc1)[C@@H]1[C@H]2C(=O)N(c3ccc(Cl)cc3Cl)C(=O)[C@@H]2[C@H]2C=Cc3ccccc3N21. The first kappa shape index (κ1) is 24.1. The number of hydrogen-bond donors (Lipinski definition) is 1. The number of non-ortho nitro benzene ring substituents is 1. The molecule has 3 aromatic rings. The number of nitrogens with zero attached hydrogens (tertiary/aromatic N) is 3. The van der Waals surface area contributed by atoms with Crippen LogP contribution in [0.2, 0.25) is 10.0 Å². The number of carbonyl (C=O) groups excluding carboxylic acids is 3. The number of benzene rings is 3. The summed E-state index contributed by atoms with van der Waals surface area (Å²) in [5, 5.41) is 14.3. The highest BCUT2D eigenvalue weighted by atomic mass is 35.5. The summed E-state index contributed by atoms with van der Waals surface area (Å²) in [6, 6.07) is 15.8. The van der Waals surface area contributed by atoms with Crippen LogP contribution in [0.5, 0.6) is 0 Å². The summed E-state index contributed by atoms with van der Waals surface area (Å²) in [6.07, 6.45) is 3.73. The lowest BCUT2D eigenvalue weighted by molar-refractivity contribution is -0.384. The van der Waals surface area contributed by atoms with Gasteiger partial charge in [0.05, 0.1) is 33.5 Å². The molecule has 4 atom stereocenters. The summed E-state index contributed by atoms with van der Waals surface area (Å²) in [5.74, 6) is -3.31. The molecular weight excluding hydrogens is 531 g/mol. The number of nitro benzene ring substituents is 1. The highest BCUT2D eigenvalue weighted by Crippen LogP contribution is 2.50. The van der Waals surface area contributed by atoms with Crippen LogP contribution in [0.15, 0.2) is 72.8 Å². The van der Waals surface area contributed by atoms with Crippen LogP contribution in [-0.4, -0.2) is 34.7 Å². The van der Waals surface area contributed by atoms with Crippen LogP contribution in [-0.2, 0) is 14.4 Å². The van der Waals surface area contributed by atoms with Crippen molar-refractivity contribution in [2.45, 2.75) is 12.1 Å². The fourth-order valence-corrected chi connectivity index (χ4v) is 6.09. The van der Waals surface area contributed by atoms with E-state index in [1.54, 1.807) is 6.07 Å². The maximum atomic E-state index is 13.9. The normalized spacial score (nSPS) is 23.2. The van der Waals surface area contributed by atoms with Gasteiger partial charge in [0, 0.05) is 28.5 Å². The third kappa shape index (κ3) is 3.66. The van der Waals surface area contributed by atoms with Crippen molar-refractivity contribution in [2.24, 2.45) is 11.8 Å². The van der Waals surface area contributed by atoms with E-state index in [0.29, 0.717) is 10.7 Å². The molecule has 3 heterocycles. The van der Waals surface area contributed by atoms with Crippen LogP contribution in [0, 0.1) is 22.0 Å². The molecule has 3 amide bonds. The molecule has 1 N–H and O–H groups in total. The Balaban J connectivity index is 1.42. The van der Waals surface area contributed by atoms with Crippen LogP contribution in [0.4, 0.5) is 22.7 Å². The van der Waals surface area contributed by atoms with Crippen molar-refractivity contribution < 1.29 is 19.3 Å². The minimum atomic E-state index is -1.03. The van der Waals surface area contributed by atoms with Crippen LogP contribution in [0.25, 0.3) is 6.08 Å². The number of fused-ring (bicyclic) bond motifs is 5. The summed E-state index contributed by atoms with van der Waals surface area (Å²) in [6.45, 7) is 0. The second-order valence-corrected chi connectivity index (χ2v) is 10.1. The van der Waals surface area contributed by atoms with Crippen LogP contribution < -0.4 is 15.1 Å². The molecule has 9 nitrogen and oxygen atoms in total. The highest BCUT2D eigenvalue weighted by Gasteiger charge is 2.64. The zero-order chi connectivity index (χ0) is 26.7. The highest BCUT2D eigenvalue weighted by molar-refractivity contribution is 6.38. The first-order chi connectivity index (χ1) is 18.3. The van der Waals surface area contributed by atoms with Gasteiger partial charge in [-0.3, -0.25) is 24.5 Å². The van der Waals surface area contributed by atoms with Gasteiger partial charge in [0.2, 0.25) is 17.7 Å². The third-order valence-corrected chi connectivity index (χ3v) is 7.72. The van der Waals surface area contributed by atoms with Crippen molar-refractivity contribution in [1.82, 2.24) is 0 Å². The minimum absolute atomic E-state index is 0.119. The Bertz CT molecular complexity index is 1560. The van der Waals surface area contributed by atoms with Gasteiger partial charge in [-0.25, -0.2) is 4.90 Å². The van der Waals surface area contributed by atoms with Gasteiger partial charge in [0.15, 0.2) is 0 Å². The van der Waals surface area contributed by atoms with Gasteiger partial charge in [-0.05, 0) is 42.0 Å². The Labute approximate surface area is 226 Å². The molecule has 0 spiro atoms. The lowest BCUT2D eigenvalue weighted by Gasteiger charge is -2.36. The van der Waals surface area contributed by atoms with E-state index in [1.165, 1.54) is 36.4 Å². The molecule has 0 bridgehead atoms. The molecule has 2 fully saturated rings. The first-order valence-corrected chi connectivity index (χ1v) is 12.5. The number of anilines is 3. The number of amides is 3. The molecular formula is C27H18Cl2N4O5. The number of para-hydroxylation sites is 1. The summed E-state index contributed by atoms with van der Waals surface area (Å²) >= 11 is 12.4. The molecule has 3 aliphatic rings. The van der Waals surface area contributed by atoms with Crippen molar-refractivity contribution in [1.29, 1.82) is 0 Å². The van der Waals surface area contributed by atoms with Gasteiger partial charge < -0.3 is 10.2 Å². The smallest absolute Gasteiger partial charge is 0.269 e. The van der Waals surface area contributed by atoms with E-state index in [0.717, 1.165) is 16.2 Å². The first-order valence-electron chi connectivity index (χ1n) is 11.7. The fraction of sp³-hybridized carbons (Fsp3) is 0.148. The largest absolute Gasteiger partial charge is 0.351 e. The van der Waals surface area contributed by atoms with E-state index in [2.05, 4.69) is 5.32 Å². The van der Waals surface area contributed by atoms with Gasteiger partial charge in [0.1, 0.15) is 6.04 Å².